The zero-order chi connectivity index (χ0) is 9.68. The van der Waals surface area contributed by atoms with Crippen molar-refractivity contribution in [1.82, 2.24) is 0 Å². The zero-order valence-electron chi connectivity index (χ0n) is 8.16. The highest BCUT2D eigenvalue weighted by Gasteiger charge is 2.35. The number of aliphatic carboxylic acids is 1. The minimum atomic E-state index is -0.584. The topological polar surface area (TPSA) is 37.3 Å². The summed E-state index contributed by atoms with van der Waals surface area (Å²) in [6.45, 7) is 2.16. The Morgan fingerprint density at radius 2 is 2.31 bits per heavy atom. The maximum Gasteiger partial charge on any atom is 0.306 e. The molecule has 1 N–H and O–H groups in total. The molecule has 0 amide bonds. The van der Waals surface area contributed by atoms with Gasteiger partial charge in [0.2, 0.25) is 0 Å². The number of rotatable bonds is 6. The first-order valence-corrected chi connectivity index (χ1v) is 6.21. The highest BCUT2D eigenvalue weighted by molar-refractivity contribution is 7.99. The molecule has 0 heterocycles. The number of carboxylic acid groups (broad SMARTS) is 1. The second kappa shape index (κ2) is 5.53. The van der Waals surface area contributed by atoms with Gasteiger partial charge < -0.3 is 5.11 Å². The molecule has 0 bridgehead atoms. The first-order valence-electron chi connectivity index (χ1n) is 5.06. The maximum absolute atomic E-state index is 10.7. The van der Waals surface area contributed by atoms with Crippen molar-refractivity contribution in [2.24, 2.45) is 11.8 Å². The molecule has 0 aromatic carbocycles. The molecule has 0 saturated heterocycles. The lowest BCUT2D eigenvalue weighted by Gasteiger charge is -2.33. The van der Waals surface area contributed by atoms with Crippen molar-refractivity contribution in [1.29, 1.82) is 0 Å². The Morgan fingerprint density at radius 3 is 2.77 bits per heavy atom. The Labute approximate surface area is 84.1 Å². The Kier molecular flexibility index (Phi) is 4.64. The molecular weight excluding hydrogens is 184 g/mol. The van der Waals surface area contributed by atoms with Gasteiger partial charge in [0.15, 0.2) is 0 Å². The molecule has 1 saturated carbocycles. The number of hydrogen-bond acceptors (Lipinski definition) is 2. The van der Waals surface area contributed by atoms with Crippen LogP contribution in [0.25, 0.3) is 0 Å². The molecule has 1 fully saturated rings. The third-order valence-corrected chi connectivity index (χ3v) is 3.79. The largest absolute Gasteiger partial charge is 0.481 e. The van der Waals surface area contributed by atoms with Gasteiger partial charge in [0.1, 0.15) is 0 Å². The van der Waals surface area contributed by atoms with Crippen LogP contribution in [0.5, 0.6) is 0 Å². The second-order valence-corrected chi connectivity index (χ2v) is 5.02. The molecule has 0 spiro atoms. The van der Waals surface area contributed by atoms with Gasteiger partial charge in [-0.25, -0.2) is 0 Å². The van der Waals surface area contributed by atoms with Gasteiger partial charge in [0.05, 0.1) is 5.92 Å². The number of hydrogen-bond donors (Lipinski definition) is 1. The van der Waals surface area contributed by atoms with Crippen LogP contribution in [-0.4, -0.2) is 22.6 Å². The minimum Gasteiger partial charge on any atom is -0.481 e. The molecule has 1 rings (SSSR count). The van der Waals surface area contributed by atoms with Crippen molar-refractivity contribution in [3.05, 3.63) is 0 Å². The molecule has 3 heteroatoms. The van der Waals surface area contributed by atoms with Crippen LogP contribution < -0.4 is 0 Å². The normalized spacial score (nSPS) is 26.8. The van der Waals surface area contributed by atoms with Gasteiger partial charge in [-0.2, -0.15) is 11.8 Å². The van der Waals surface area contributed by atoms with Gasteiger partial charge in [-0.15, -0.1) is 0 Å². The summed E-state index contributed by atoms with van der Waals surface area (Å²) in [5.41, 5.74) is 0. The van der Waals surface area contributed by atoms with E-state index in [4.69, 9.17) is 5.11 Å². The summed E-state index contributed by atoms with van der Waals surface area (Å²) in [7, 11) is 0. The Hall–Kier alpha value is -0.180. The first-order chi connectivity index (χ1) is 6.25. The molecule has 1 aliphatic carbocycles. The van der Waals surface area contributed by atoms with Gasteiger partial charge in [-0.3, -0.25) is 4.79 Å². The lowest BCUT2D eigenvalue weighted by Crippen LogP contribution is -2.32. The van der Waals surface area contributed by atoms with Crippen molar-refractivity contribution in [2.45, 2.75) is 32.6 Å². The predicted molar refractivity (Wildman–Crippen MR) is 56.1 cm³/mol. The molecule has 0 radical (unpaired) electrons. The summed E-state index contributed by atoms with van der Waals surface area (Å²) < 4.78 is 0. The average molecular weight is 202 g/mol. The summed E-state index contributed by atoms with van der Waals surface area (Å²) >= 11 is 1.95. The van der Waals surface area contributed by atoms with Crippen LogP contribution in [0.15, 0.2) is 0 Å². The van der Waals surface area contributed by atoms with E-state index in [-0.39, 0.29) is 5.92 Å². The molecular formula is C10H18O2S. The fourth-order valence-electron chi connectivity index (χ4n) is 1.83. The van der Waals surface area contributed by atoms with Gasteiger partial charge in [0.25, 0.3) is 0 Å². The van der Waals surface area contributed by atoms with E-state index in [1.165, 1.54) is 17.9 Å². The fourth-order valence-corrected chi connectivity index (χ4v) is 2.49. The monoisotopic (exact) mass is 202 g/mol. The van der Waals surface area contributed by atoms with Crippen LogP contribution in [0.1, 0.15) is 32.6 Å². The van der Waals surface area contributed by atoms with E-state index >= 15 is 0 Å². The quantitative estimate of drug-likeness (QED) is 0.673. The molecule has 13 heavy (non-hydrogen) atoms. The van der Waals surface area contributed by atoms with Gasteiger partial charge >= 0.3 is 5.97 Å². The van der Waals surface area contributed by atoms with E-state index in [0.29, 0.717) is 5.92 Å². The van der Waals surface area contributed by atoms with Crippen LogP contribution >= 0.6 is 11.8 Å². The lowest BCUT2D eigenvalue weighted by atomic mass is 9.71. The zero-order valence-corrected chi connectivity index (χ0v) is 8.98. The number of carbonyl (C=O) groups is 1. The highest BCUT2D eigenvalue weighted by Crippen LogP contribution is 2.37. The highest BCUT2D eigenvalue weighted by atomic mass is 32.2. The number of carboxylic acids is 1. The van der Waals surface area contributed by atoms with E-state index in [9.17, 15) is 4.79 Å². The van der Waals surface area contributed by atoms with Crippen molar-refractivity contribution < 1.29 is 9.90 Å². The van der Waals surface area contributed by atoms with Crippen LogP contribution in [-0.2, 0) is 4.79 Å². The summed E-state index contributed by atoms with van der Waals surface area (Å²) in [6.07, 6.45) is 4.34. The Balaban J connectivity index is 2.05. The molecule has 0 aliphatic heterocycles. The molecule has 2 nitrogen and oxygen atoms in total. The van der Waals surface area contributed by atoms with Gasteiger partial charge in [0, 0.05) is 0 Å². The first kappa shape index (κ1) is 10.9. The third kappa shape index (κ3) is 3.22. The second-order valence-electron chi connectivity index (χ2n) is 3.62. The van der Waals surface area contributed by atoms with E-state index in [2.05, 4.69) is 6.92 Å². The molecule has 76 valence electrons. The van der Waals surface area contributed by atoms with Crippen molar-refractivity contribution in [3.63, 3.8) is 0 Å². The van der Waals surface area contributed by atoms with Crippen molar-refractivity contribution >= 4 is 17.7 Å². The molecule has 1 aliphatic rings. The molecule has 0 aromatic rings. The van der Waals surface area contributed by atoms with E-state index in [1.54, 1.807) is 0 Å². The van der Waals surface area contributed by atoms with E-state index in [1.807, 2.05) is 11.8 Å². The Morgan fingerprint density at radius 1 is 1.54 bits per heavy atom. The van der Waals surface area contributed by atoms with Crippen LogP contribution in [0.3, 0.4) is 0 Å². The predicted octanol–water partition coefficient (Wildman–Crippen LogP) is 2.63. The van der Waals surface area contributed by atoms with Crippen LogP contribution in [0, 0.1) is 11.8 Å². The molecule has 2 atom stereocenters. The summed E-state index contributed by atoms with van der Waals surface area (Å²) in [5, 5.41) is 8.80. The van der Waals surface area contributed by atoms with Crippen LogP contribution in [0.2, 0.25) is 0 Å². The van der Waals surface area contributed by atoms with E-state index < -0.39 is 5.97 Å². The summed E-state index contributed by atoms with van der Waals surface area (Å²) in [4.78, 5) is 10.7. The van der Waals surface area contributed by atoms with Gasteiger partial charge in [-0.05, 0) is 43.1 Å². The standard InChI is InChI=1S/C10H18O2S/c1-2-13-7-3-4-8-5-6-9(8)10(11)12/h8-9H,2-7H2,1H3,(H,11,12). The summed E-state index contributed by atoms with van der Waals surface area (Å²) in [5.74, 6) is 2.24. The lowest BCUT2D eigenvalue weighted by molar-refractivity contribution is -0.147. The maximum atomic E-state index is 10.7. The minimum absolute atomic E-state index is 0.0216. The summed E-state index contributed by atoms with van der Waals surface area (Å²) in [6, 6.07) is 0. The number of thioether (sulfide) groups is 1. The third-order valence-electron chi connectivity index (χ3n) is 2.80. The fraction of sp³-hybridized carbons (Fsp3) is 0.900. The smallest absolute Gasteiger partial charge is 0.306 e. The van der Waals surface area contributed by atoms with Crippen LogP contribution in [0.4, 0.5) is 0 Å². The van der Waals surface area contributed by atoms with E-state index in [0.717, 1.165) is 19.3 Å². The Bertz CT molecular complexity index is 170. The van der Waals surface area contributed by atoms with Crippen molar-refractivity contribution in [2.75, 3.05) is 11.5 Å². The van der Waals surface area contributed by atoms with Crippen molar-refractivity contribution in [3.8, 4) is 0 Å². The van der Waals surface area contributed by atoms with Gasteiger partial charge in [-0.1, -0.05) is 6.92 Å². The SMILES string of the molecule is CCSCCCC1CCC1C(=O)O. The average Bonchev–Trinajstić information content (AvgIpc) is 2.01. The molecule has 0 aromatic heterocycles. The molecule has 2 unspecified atom stereocenters.